The van der Waals surface area contributed by atoms with Crippen LogP contribution in [0.3, 0.4) is 0 Å². The highest BCUT2D eigenvalue weighted by Gasteiger charge is 2.24. The van der Waals surface area contributed by atoms with Gasteiger partial charge in [-0.15, -0.1) is 0 Å². The molecular formula is C16H25ClN2. The molecule has 2 unspecified atom stereocenters. The molecule has 0 bridgehead atoms. The second kappa shape index (κ2) is 7.28. The quantitative estimate of drug-likeness (QED) is 0.894. The molecule has 0 spiro atoms. The molecule has 2 N–H and O–H groups in total. The average Bonchev–Trinajstić information content (AvgIpc) is 2.39. The molecule has 1 aromatic rings. The molecule has 19 heavy (non-hydrogen) atoms. The van der Waals surface area contributed by atoms with E-state index in [1.165, 1.54) is 31.2 Å². The normalized spacial score (nSPS) is 23.8. The largest absolute Gasteiger partial charge is 0.330 e. The molecule has 2 nitrogen and oxygen atoms in total. The SMILES string of the molecule is CN(Cc1cccc(Cl)c1)CC1CCCCC1CN. The first-order valence-electron chi connectivity index (χ1n) is 7.32. The maximum Gasteiger partial charge on any atom is 0.0409 e. The Morgan fingerprint density at radius 1 is 1.26 bits per heavy atom. The number of rotatable bonds is 5. The van der Waals surface area contributed by atoms with E-state index in [0.717, 1.165) is 36.5 Å². The standard InChI is InChI=1S/C16H25ClN2/c1-19(11-13-5-4-8-16(17)9-13)12-15-7-3-2-6-14(15)10-18/h4-5,8-9,14-15H,2-3,6-7,10-12,18H2,1H3. The third kappa shape index (κ3) is 4.48. The summed E-state index contributed by atoms with van der Waals surface area (Å²) in [6, 6.07) is 8.15. The van der Waals surface area contributed by atoms with Crippen LogP contribution in [0, 0.1) is 11.8 Å². The van der Waals surface area contributed by atoms with Gasteiger partial charge in [0, 0.05) is 18.1 Å². The van der Waals surface area contributed by atoms with Crippen LogP contribution < -0.4 is 5.73 Å². The average molecular weight is 281 g/mol. The minimum atomic E-state index is 0.718. The Morgan fingerprint density at radius 3 is 2.68 bits per heavy atom. The number of nitrogens with zero attached hydrogens (tertiary/aromatic N) is 1. The minimum absolute atomic E-state index is 0.718. The predicted molar refractivity (Wildman–Crippen MR) is 82.3 cm³/mol. The van der Waals surface area contributed by atoms with E-state index in [-0.39, 0.29) is 0 Å². The molecule has 1 aromatic carbocycles. The molecule has 106 valence electrons. The van der Waals surface area contributed by atoms with Crippen molar-refractivity contribution in [2.45, 2.75) is 32.2 Å². The zero-order chi connectivity index (χ0) is 13.7. The van der Waals surface area contributed by atoms with E-state index in [4.69, 9.17) is 17.3 Å². The highest BCUT2D eigenvalue weighted by Crippen LogP contribution is 2.30. The summed E-state index contributed by atoms with van der Waals surface area (Å²) in [5, 5.41) is 0.823. The summed E-state index contributed by atoms with van der Waals surface area (Å²) in [7, 11) is 2.20. The summed E-state index contributed by atoms with van der Waals surface area (Å²) < 4.78 is 0. The monoisotopic (exact) mass is 280 g/mol. The molecule has 0 aliphatic heterocycles. The third-order valence-corrected chi connectivity index (χ3v) is 4.49. The molecule has 1 aliphatic rings. The fourth-order valence-electron chi connectivity index (χ4n) is 3.25. The molecule has 3 heteroatoms. The lowest BCUT2D eigenvalue weighted by molar-refractivity contribution is 0.170. The van der Waals surface area contributed by atoms with Crippen LogP contribution in [-0.2, 0) is 6.54 Å². The molecule has 0 amide bonds. The molecule has 1 aliphatic carbocycles. The molecular weight excluding hydrogens is 256 g/mol. The summed E-state index contributed by atoms with van der Waals surface area (Å²) in [6.07, 6.45) is 5.37. The van der Waals surface area contributed by atoms with Crippen molar-refractivity contribution in [3.8, 4) is 0 Å². The first-order valence-corrected chi connectivity index (χ1v) is 7.70. The number of hydrogen-bond donors (Lipinski definition) is 1. The lowest BCUT2D eigenvalue weighted by Crippen LogP contribution is -2.35. The van der Waals surface area contributed by atoms with E-state index in [2.05, 4.69) is 24.1 Å². The van der Waals surface area contributed by atoms with Gasteiger partial charge in [0.15, 0.2) is 0 Å². The van der Waals surface area contributed by atoms with Crippen molar-refractivity contribution >= 4 is 11.6 Å². The smallest absolute Gasteiger partial charge is 0.0409 e. The predicted octanol–water partition coefficient (Wildman–Crippen LogP) is 3.54. The Bertz CT molecular complexity index is 394. The first kappa shape index (κ1) is 14.8. The van der Waals surface area contributed by atoms with Gasteiger partial charge in [0.05, 0.1) is 0 Å². The van der Waals surface area contributed by atoms with Gasteiger partial charge in [-0.1, -0.05) is 36.6 Å². The molecule has 2 rings (SSSR count). The van der Waals surface area contributed by atoms with E-state index in [0.29, 0.717) is 0 Å². The van der Waals surface area contributed by atoms with E-state index >= 15 is 0 Å². The molecule has 2 atom stereocenters. The van der Waals surface area contributed by atoms with Crippen LogP contribution in [0.2, 0.25) is 5.02 Å². The Kier molecular flexibility index (Phi) is 5.68. The van der Waals surface area contributed by atoms with Crippen LogP contribution in [0.5, 0.6) is 0 Å². The van der Waals surface area contributed by atoms with Gasteiger partial charge in [-0.25, -0.2) is 0 Å². The molecule has 0 saturated heterocycles. The van der Waals surface area contributed by atoms with Crippen molar-refractivity contribution in [3.63, 3.8) is 0 Å². The van der Waals surface area contributed by atoms with Crippen LogP contribution in [0.15, 0.2) is 24.3 Å². The van der Waals surface area contributed by atoms with E-state index < -0.39 is 0 Å². The fraction of sp³-hybridized carbons (Fsp3) is 0.625. The van der Waals surface area contributed by atoms with Crippen molar-refractivity contribution in [3.05, 3.63) is 34.9 Å². The first-order chi connectivity index (χ1) is 9.19. The van der Waals surface area contributed by atoms with Gasteiger partial charge in [0.2, 0.25) is 0 Å². The molecule has 0 radical (unpaired) electrons. The van der Waals surface area contributed by atoms with Crippen molar-refractivity contribution < 1.29 is 0 Å². The van der Waals surface area contributed by atoms with Crippen molar-refractivity contribution in [1.29, 1.82) is 0 Å². The maximum absolute atomic E-state index is 6.03. The van der Waals surface area contributed by atoms with Gasteiger partial charge >= 0.3 is 0 Å². The number of nitrogens with two attached hydrogens (primary N) is 1. The van der Waals surface area contributed by atoms with Crippen LogP contribution in [0.25, 0.3) is 0 Å². The van der Waals surface area contributed by atoms with Gasteiger partial charge < -0.3 is 10.6 Å². The maximum atomic E-state index is 6.03. The zero-order valence-corrected chi connectivity index (χ0v) is 12.6. The highest BCUT2D eigenvalue weighted by molar-refractivity contribution is 6.30. The Balaban J connectivity index is 1.87. The van der Waals surface area contributed by atoms with Crippen LogP contribution in [-0.4, -0.2) is 25.0 Å². The van der Waals surface area contributed by atoms with Gasteiger partial charge in [-0.3, -0.25) is 0 Å². The lowest BCUT2D eigenvalue weighted by Gasteiger charge is -2.33. The van der Waals surface area contributed by atoms with Crippen LogP contribution in [0.4, 0.5) is 0 Å². The van der Waals surface area contributed by atoms with E-state index in [9.17, 15) is 0 Å². The molecule has 0 aromatic heterocycles. The zero-order valence-electron chi connectivity index (χ0n) is 11.8. The Labute approximate surface area is 121 Å². The number of halogens is 1. The summed E-state index contributed by atoms with van der Waals surface area (Å²) in [5.74, 6) is 1.48. The molecule has 1 fully saturated rings. The third-order valence-electron chi connectivity index (χ3n) is 4.26. The summed E-state index contributed by atoms with van der Waals surface area (Å²) in [5.41, 5.74) is 7.19. The van der Waals surface area contributed by atoms with Gasteiger partial charge in [-0.05, 0) is 56.0 Å². The second-order valence-corrected chi connectivity index (χ2v) is 6.30. The Hall–Kier alpha value is -0.570. The molecule has 1 saturated carbocycles. The van der Waals surface area contributed by atoms with Crippen molar-refractivity contribution in [2.75, 3.05) is 20.1 Å². The van der Waals surface area contributed by atoms with Gasteiger partial charge in [0.1, 0.15) is 0 Å². The van der Waals surface area contributed by atoms with Gasteiger partial charge in [-0.2, -0.15) is 0 Å². The molecule has 0 heterocycles. The van der Waals surface area contributed by atoms with Gasteiger partial charge in [0.25, 0.3) is 0 Å². The summed E-state index contributed by atoms with van der Waals surface area (Å²) in [4.78, 5) is 2.41. The second-order valence-electron chi connectivity index (χ2n) is 5.87. The Morgan fingerprint density at radius 2 is 2.00 bits per heavy atom. The minimum Gasteiger partial charge on any atom is -0.330 e. The number of benzene rings is 1. The van der Waals surface area contributed by atoms with E-state index in [1.807, 2.05) is 12.1 Å². The van der Waals surface area contributed by atoms with Crippen LogP contribution in [0.1, 0.15) is 31.2 Å². The van der Waals surface area contributed by atoms with E-state index in [1.54, 1.807) is 0 Å². The fourth-order valence-corrected chi connectivity index (χ4v) is 3.46. The van der Waals surface area contributed by atoms with Crippen molar-refractivity contribution in [1.82, 2.24) is 4.90 Å². The topological polar surface area (TPSA) is 29.3 Å². The lowest BCUT2D eigenvalue weighted by atomic mass is 9.79. The van der Waals surface area contributed by atoms with Crippen molar-refractivity contribution in [2.24, 2.45) is 17.6 Å². The highest BCUT2D eigenvalue weighted by atomic mass is 35.5. The number of hydrogen-bond acceptors (Lipinski definition) is 2. The van der Waals surface area contributed by atoms with Crippen LogP contribution >= 0.6 is 11.6 Å². The summed E-state index contributed by atoms with van der Waals surface area (Å²) >= 11 is 6.03. The summed E-state index contributed by atoms with van der Waals surface area (Å²) in [6.45, 7) is 2.96.